The van der Waals surface area contributed by atoms with Crippen LogP contribution in [0.4, 0.5) is 4.79 Å². The average Bonchev–Trinajstić information content (AvgIpc) is 2.71. The van der Waals surface area contributed by atoms with Gasteiger partial charge in [-0.1, -0.05) is 12.7 Å². The molecule has 1 aliphatic heterocycles. The molecule has 0 aromatic heterocycles. The minimum absolute atomic E-state index is 0.00779. The van der Waals surface area contributed by atoms with E-state index in [1.807, 2.05) is 0 Å². The molecule has 1 amide bonds. The van der Waals surface area contributed by atoms with E-state index >= 15 is 0 Å². The largest absolute Gasteiger partial charge is 0.481 e. The topological polar surface area (TPSA) is 66.8 Å². The number of aliphatic carboxylic acids is 1. The van der Waals surface area contributed by atoms with Gasteiger partial charge >= 0.3 is 12.1 Å². The summed E-state index contributed by atoms with van der Waals surface area (Å²) >= 11 is 0. The van der Waals surface area contributed by atoms with Gasteiger partial charge in [-0.05, 0) is 19.3 Å². The summed E-state index contributed by atoms with van der Waals surface area (Å²) in [6.07, 6.45) is 3.51. The summed E-state index contributed by atoms with van der Waals surface area (Å²) in [5.74, 6) is -0.827. The number of nitrogens with zero attached hydrogens (tertiary/aromatic N) is 1. The van der Waals surface area contributed by atoms with E-state index in [1.54, 1.807) is 4.90 Å². The second-order valence-corrected chi connectivity index (χ2v) is 3.79. The third-order valence-corrected chi connectivity index (χ3v) is 2.63. The van der Waals surface area contributed by atoms with E-state index < -0.39 is 5.97 Å². The van der Waals surface area contributed by atoms with Crippen molar-refractivity contribution in [3.05, 3.63) is 12.7 Å². The van der Waals surface area contributed by atoms with Gasteiger partial charge in [0.2, 0.25) is 0 Å². The van der Waals surface area contributed by atoms with Gasteiger partial charge in [0.1, 0.15) is 6.61 Å². The molecule has 0 aromatic rings. The Balaban J connectivity index is 2.41. The summed E-state index contributed by atoms with van der Waals surface area (Å²) in [5.41, 5.74) is 0. The molecule has 90 valence electrons. The first-order valence-corrected chi connectivity index (χ1v) is 5.41. The Hall–Kier alpha value is -1.52. The van der Waals surface area contributed by atoms with Gasteiger partial charge in [0, 0.05) is 19.0 Å². The van der Waals surface area contributed by atoms with Gasteiger partial charge in [-0.15, -0.1) is 0 Å². The van der Waals surface area contributed by atoms with E-state index in [0.29, 0.717) is 13.0 Å². The van der Waals surface area contributed by atoms with Gasteiger partial charge in [0.25, 0.3) is 0 Å². The molecule has 16 heavy (non-hydrogen) atoms. The molecule has 0 aromatic carbocycles. The fourth-order valence-electron chi connectivity index (χ4n) is 1.88. The van der Waals surface area contributed by atoms with E-state index in [9.17, 15) is 9.59 Å². The number of likely N-dealkylation sites (tertiary alicyclic amines) is 1. The number of ether oxygens (including phenoxy) is 1. The van der Waals surface area contributed by atoms with E-state index in [-0.39, 0.29) is 25.2 Å². The standard InChI is InChI=1S/C11H17NO4/c1-2-8-16-11(15)12-7-3-4-9(12)5-6-10(13)14/h2,9H,1,3-8H2,(H,13,14)/t9-/m1/s1. The van der Waals surface area contributed by atoms with Crippen molar-refractivity contribution in [1.82, 2.24) is 4.90 Å². The third-order valence-electron chi connectivity index (χ3n) is 2.63. The molecule has 0 spiro atoms. The van der Waals surface area contributed by atoms with E-state index in [0.717, 1.165) is 12.8 Å². The maximum Gasteiger partial charge on any atom is 0.410 e. The number of carbonyl (C=O) groups is 2. The minimum Gasteiger partial charge on any atom is -0.481 e. The Morgan fingerprint density at radius 1 is 1.56 bits per heavy atom. The fourth-order valence-corrected chi connectivity index (χ4v) is 1.88. The molecule has 1 saturated heterocycles. The van der Waals surface area contributed by atoms with Gasteiger partial charge in [0.05, 0.1) is 0 Å². The van der Waals surface area contributed by atoms with Crippen molar-refractivity contribution in [3.63, 3.8) is 0 Å². The first-order chi connectivity index (χ1) is 7.65. The Kier molecular flexibility index (Phi) is 4.82. The van der Waals surface area contributed by atoms with E-state index in [4.69, 9.17) is 9.84 Å². The van der Waals surface area contributed by atoms with Crippen molar-refractivity contribution >= 4 is 12.1 Å². The number of amides is 1. The third kappa shape index (κ3) is 3.56. The first kappa shape index (κ1) is 12.5. The zero-order valence-electron chi connectivity index (χ0n) is 9.22. The highest BCUT2D eigenvalue weighted by Gasteiger charge is 2.29. The zero-order chi connectivity index (χ0) is 12.0. The smallest absolute Gasteiger partial charge is 0.410 e. The van der Waals surface area contributed by atoms with Gasteiger partial charge < -0.3 is 14.7 Å². The highest BCUT2D eigenvalue weighted by molar-refractivity contribution is 5.69. The van der Waals surface area contributed by atoms with Crippen LogP contribution in [0.2, 0.25) is 0 Å². The molecular formula is C11H17NO4. The molecule has 1 heterocycles. The molecule has 1 fully saturated rings. The van der Waals surface area contributed by atoms with Crippen molar-refractivity contribution in [1.29, 1.82) is 0 Å². The van der Waals surface area contributed by atoms with Crippen molar-refractivity contribution in [2.24, 2.45) is 0 Å². The van der Waals surface area contributed by atoms with Gasteiger partial charge in [-0.2, -0.15) is 0 Å². The second kappa shape index (κ2) is 6.15. The number of rotatable bonds is 5. The van der Waals surface area contributed by atoms with Crippen LogP contribution in [0.3, 0.4) is 0 Å². The van der Waals surface area contributed by atoms with Crippen molar-refractivity contribution < 1.29 is 19.4 Å². The number of carbonyl (C=O) groups excluding carboxylic acids is 1. The van der Waals surface area contributed by atoms with Crippen LogP contribution in [-0.2, 0) is 9.53 Å². The summed E-state index contributed by atoms with van der Waals surface area (Å²) in [6, 6.07) is 0.00779. The van der Waals surface area contributed by atoms with Crippen LogP contribution in [0.5, 0.6) is 0 Å². The molecule has 0 saturated carbocycles. The van der Waals surface area contributed by atoms with Gasteiger partial charge in [-0.3, -0.25) is 4.79 Å². The monoisotopic (exact) mass is 227 g/mol. The molecule has 1 rings (SSSR count). The number of carboxylic acids is 1. The first-order valence-electron chi connectivity index (χ1n) is 5.41. The molecule has 0 bridgehead atoms. The van der Waals surface area contributed by atoms with Crippen molar-refractivity contribution in [3.8, 4) is 0 Å². The molecular weight excluding hydrogens is 210 g/mol. The van der Waals surface area contributed by atoms with Crippen LogP contribution < -0.4 is 0 Å². The lowest BCUT2D eigenvalue weighted by Crippen LogP contribution is -2.36. The maximum absolute atomic E-state index is 11.6. The van der Waals surface area contributed by atoms with Gasteiger partial charge in [0.15, 0.2) is 0 Å². The van der Waals surface area contributed by atoms with Gasteiger partial charge in [-0.25, -0.2) is 4.79 Å². The Bertz CT molecular complexity index is 277. The van der Waals surface area contributed by atoms with Crippen LogP contribution >= 0.6 is 0 Å². The van der Waals surface area contributed by atoms with Crippen molar-refractivity contribution in [2.75, 3.05) is 13.2 Å². The molecule has 5 heteroatoms. The molecule has 0 unspecified atom stereocenters. The van der Waals surface area contributed by atoms with Crippen LogP contribution in [-0.4, -0.2) is 41.3 Å². The SMILES string of the molecule is C=CCOC(=O)N1CCC[C@@H]1CCC(=O)O. The van der Waals surface area contributed by atoms with Crippen LogP contribution in [0, 0.1) is 0 Å². The summed E-state index contributed by atoms with van der Waals surface area (Å²) in [5, 5.41) is 8.59. The zero-order valence-corrected chi connectivity index (χ0v) is 9.22. The molecule has 5 nitrogen and oxygen atoms in total. The predicted molar refractivity (Wildman–Crippen MR) is 58.1 cm³/mol. The fraction of sp³-hybridized carbons (Fsp3) is 0.636. The van der Waals surface area contributed by atoms with Crippen LogP contribution in [0.15, 0.2) is 12.7 Å². The molecule has 1 aliphatic rings. The number of carboxylic acid groups (broad SMARTS) is 1. The Morgan fingerprint density at radius 3 is 2.94 bits per heavy atom. The minimum atomic E-state index is -0.827. The predicted octanol–water partition coefficient (Wildman–Crippen LogP) is 1.64. The number of hydrogen-bond donors (Lipinski definition) is 1. The average molecular weight is 227 g/mol. The summed E-state index contributed by atoms with van der Waals surface area (Å²) in [7, 11) is 0. The lowest BCUT2D eigenvalue weighted by atomic mass is 10.1. The lowest BCUT2D eigenvalue weighted by molar-refractivity contribution is -0.137. The number of hydrogen-bond acceptors (Lipinski definition) is 3. The Labute approximate surface area is 94.7 Å². The maximum atomic E-state index is 11.6. The molecule has 0 radical (unpaired) electrons. The van der Waals surface area contributed by atoms with Crippen molar-refractivity contribution in [2.45, 2.75) is 31.7 Å². The summed E-state index contributed by atoms with van der Waals surface area (Å²) in [4.78, 5) is 23.6. The summed E-state index contributed by atoms with van der Waals surface area (Å²) < 4.78 is 4.93. The van der Waals surface area contributed by atoms with Crippen LogP contribution in [0.25, 0.3) is 0 Å². The normalized spacial score (nSPS) is 19.5. The van der Waals surface area contributed by atoms with E-state index in [1.165, 1.54) is 6.08 Å². The highest BCUT2D eigenvalue weighted by Crippen LogP contribution is 2.22. The van der Waals surface area contributed by atoms with E-state index in [2.05, 4.69) is 6.58 Å². The lowest BCUT2D eigenvalue weighted by Gasteiger charge is -2.23. The summed E-state index contributed by atoms with van der Waals surface area (Å²) in [6.45, 7) is 4.31. The molecule has 1 atom stereocenters. The molecule has 1 N–H and O–H groups in total. The highest BCUT2D eigenvalue weighted by atomic mass is 16.6. The van der Waals surface area contributed by atoms with Crippen LogP contribution in [0.1, 0.15) is 25.7 Å². The molecule has 0 aliphatic carbocycles. The second-order valence-electron chi connectivity index (χ2n) is 3.79. The Morgan fingerprint density at radius 2 is 2.31 bits per heavy atom. The quantitative estimate of drug-likeness (QED) is 0.725.